The van der Waals surface area contributed by atoms with Crippen LogP contribution in [-0.2, 0) is 4.74 Å². The van der Waals surface area contributed by atoms with Crippen molar-refractivity contribution in [2.45, 2.75) is 0 Å². The smallest absolute Gasteiger partial charge is 0.411 e. The average Bonchev–Trinajstić information content (AvgIpc) is 2.35. The molecule has 5 heteroatoms. The van der Waals surface area contributed by atoms with Gasteiger partial charge in [-0.05, 0) is 24.3 Å². The number of methoxy groups -OCH3 is 1. The van der Waals surface area contributed by atoms with Crippen LogP contribution >= 0.6 is 0 Å². The van der Waals surface area contributed by atoms with Crippen molar-refractivity contribution in [3.8, 4) is 5.75 Å². The Morgan fingerprint density at radius 1 is 1.38 bits per heavy atom. The monoisotopic (exact) mass is 223 g/mol. The molecule has 86 valence electrons. The molecule has 0 N–H and O–H groups in total. The molecule has 0 spiro atoms. The van der Waals surface area contributed by atoms with Gasteiger partial charge in [-0.15, -0.1) is 0 Å². The highest BCUT2D eigenvalue weighted by Crippen LogP contribution is 2.11. The minimum Gasteiger partial charge on any atom is -0.473 e. The molecule has 0 aliphatic carbocycles. The number of amides is 1. The van der Waals surface area contributed by atoms with Gasteiger partial charge in [-0.3, -0.25) is 9.69 Å². The Bertz CT molecular complexity index is 361. The fourth-order valence-corrected chi connectivity index (χ4v) is 1.02. The predicted octanol–water partition coefficient (Wildman–Crippen LogP) is 1.53. The van der Waals surface area contributed by atoms with Crippen LogP contribution < -0.4 is 4.74 Å². The molecule has 16 heavy (non-hydrogen) atoms. The molecule has 0 fully saturated rings. The van der Waals surface area contributed by atoms with E-state index in [0.29, 0.717) is 11.3 Å². The number of hydrogen-bond donors (Lipinski definition) is 0. The molecule has 0 saturated carbocycles. The number of nitrogens with zero attached hydrogens (tertiary/aromatic N) is 1. The quantitative estimate of drug-likeness (QED) is 0.573. The van der Waals surface area contributed by atoms with Crippen molar-refractivity contribution in [3.63, 3.8) is 0 Å². The Kier molecular flexibility index (Phi) is 4.32. The Balaban J connectivity index is 2.48. The molecule has 0 aliphatic rings. The summed E-state index contributed by atoms with van der Waals surface area (Å²) in [4.78, 5) is 22.7. The van der Waals surface area contributed by atoms with Crippen molar-refractivity contribution >= 4 is 12.4 Å². The van der Waals surface area contributed by atoms with Crippen molar-refractivity contribution in [2.75, 3.05) is 20.9 Å². The van der Waals surface area contributed by atoms with Gasteiger partial charge in [-0.1, -0.05) is 0 Å². The lowest BCUT2D eigenvalue weighted by atomic mass is 10.2. The molecule has 1 amide bonds. The van der Waals surface area contributed by atoms with E-state index in [-0.39, 0.29) is 6.73 Å². The van der Waals surface area contributed by atoms with E-state index in [1.54, 1.807) is 31.3 Å². The molecule has 0 radical (unpaired) electrons. The summed E-state index contributed by atoms with van der Waals surface area (Å²) in [6.07, 6.45) is 0.286. The van der Waals surface area contributed by atoms with Crippen molar-refractivity contribution in [2.24, 2.45) is 0 Å². The molecule has 0 aliphatic heterocycles. The number of hydrogen-bond acceptors (Lipinski definition) is 4. The van der Waals surface area contributed by atoms with Gasteiger partial charge in [-0.25, -0.2) is 4.79 Å². The summed E-state index contributed by atoms with van der Waals surface area (Å²) in [5.41, 5.74) is 0.577. The summed E-state index contributed by atoms with van der Waals surface area (Å²) in [6.45, 7) is 0.0904. The SMILES string of the molecule is COC(=O)N(C)COc1ccc(C=O)cc1. The molecule has 1 rings (SSSR count). The first-order valence-electron chi connectivity index (χ1n) is 4.64. The van der Waals surface area contributed by atoms with Gasteiger partial charge in [0, 0.05) is 12.6 Å². The Labute approximate surface area is 93.6 Å². The summed E-state index contributed by atoms with van der Waals surface area (Å²) in [5, 5.41) is 0. The lowest BCUT2D eigenvalue weighted by molar-refractivity contribution is 0.0982. The molecule has 1 aromatic rings. The van der Waals surface area contributed by atoms with Crippen molar-refractivity contribution in [1.29, 1.82) is 0 Å². The number of aldehydes is 1. The van der Waals surface area contributed by atoms with E-state index in [0.717, 1.165) is 6.29 Å². The van der Waals surface area contributed by atoms with Crippen LogP contribution in [0.2, 0.25) is 0 Å². The van der Waals surface area contributed by atoms with E-state index < -0.39 is 6.09 Å². The van der Waals surface area contributed by atoms with Crippen molar-refractivity contribution < 1.29 is 19.1 Å². The second kappa shape index (κ2) is 5.75. The van der Waals surface area contributed by atoms with Crippen LogP contribution in [-0.4, -0.2) is 38.2 Å². The second-order valence-corrected chi connectivity index (χ2v) is 3.13. The van der Waals surface area contributed by atoms with Gasteiger partial charge in [0.05, 0.1) is 7.11 Å². The molecule has 1 aromatic carbocycles. The van der Waals surface area contributed by atoms with Gasteiger partial charge in [0.25, 0.3) is 0 Å². The van der Waals surface area contributed by atoms with E-state index in [2.05, 4.69) is 4.74 Å². The zero-order valence-corrected chi connectivity index (χ0v) is 9.17. The third-order valence-corrected chi connectivity index (χ3v) is 1.93. The van der Waals surface area contributed by atoms with Crippen LogP contribution in [0.15, 0.2) is 24.3 Å². The maximum Gasteiger partial charge on any atom is 0.411 e. The summed E-state index contributed by atoms with van der Waals surface area (Å²) >= 11 is 0. The van der Waals surface area contributed by atoms with Crippen LogP contribution in [0.25, 0.3) is 0 Å². The Morgan fingerprint density at radius 2 is 2.00 bits per heavy atom. The molecule has 5 nitrogen and oxygen atoms in total. The molecule has 0 heterocycles. The molecular formula is C11H13NO4. The van der Waals surface area contributed by atoms with Crippen LogP contribution in [0.1, 0.15) is 10.4 Å². The number of benzene rings is 1. The number of ether oxygens (including phenoxy) is 2. The maximum atomic E-state index is 11.0. The Morgan fingerprint density at radius 3 is 2.50 bits per heavy atom. The van der Waals surface area contributed by atoms with Gasteiger partial charge in [0.1, 0.15) is 12.0 Å². The third-order valence-electron chi connectivity index (χ3n) is 1.93. The predicted molar refractivity (Wildman–Crippen MR) is 57.5 cm³/mol. The van der Waals surface area contributed by atoms with Gasteiger partial charge in [-0.2, -0.15) is 0 Å². The van der Waals surface area contributed by atoms with Crippen LogP contribution in [0.4, 0.5) is 4.79 Å². The minimum atomic E-state index is -0.468. The van der Waals surface area contributed by atoms with E-state index in [1.165, 1.54) is 12.0 Å². The van der Waals surface area contributed by atoms with E-state index in [9.17, 15) is 9.59 Å². The Hall–Kier alpha value is -2.04. The summed E-state index contributed by atoms with van der Waals surface area (Å²) < 4.78 is 9.80. The van der Waals surface area contributed by atoms with Crippen LogP contribution in [0.5, 0.6) is 5.75 Å². The van der Waals surface area contributed by atoms with Gasteiger partial charge >= 0.3 is 6.09 Å². The lowest BCUT2D eigenvalue weighted by Gasteiger charge is -2.16. The molecular weight excluding hydrogens is 210 g/mol. The highest BCUT2D eigenvalue weighted by molar-refractivity contribution is 5.74. The third kappa shape index (κ3) is 3.27. The standard InChI is InChI=1S/C11H13NO4/c1-12(11(14)15-2)8-16-10-5-3-9(7-13)4-6-10/h3-7H,8H2,1-2H3. The molecule has 0 aromatic heterocycles. The first-order valence-corrected chi connectivity index (χ1v) is 4.64. The zero-order valence-electron chi connectivity index (χ0n) is 9.17. The number of carbonyl (C=O) groups is 2. The van der Waals surface area contributed by atoms with Crippen molar-refractivity contribution in [1.82, 2.24) is 4.90 Å². The fourth-order valence-electron chi connectivity index (χ4n) is 1.02. The first kappa shape index (κ1) is 12.0. The minimum absolute atomic E-state index is 0.0904. The van der Waals surface area contributed by atoms with Gasteiger partial charge in [0.15, 0.2) is 6.73 Å². The number of rotatable bonds is 4. The lowest BCUT2D eigenvalue weighted by Crippen LogP contribution is -2.30. The van der Waals surface area contributed by atoms with E-state index >= 15 is 0 Å². The maximum absolute atomic E-state index is 11.0. The molecule has 0 saturated heterocycles. The van der Waals surface area contributed by atoms with Crippen molar-refractivity contribution in [3.05, 3.63) is 29.8 Å². The normalized spacial score (nSPS) is 9.38. The van der Waals surface area contributed by atoms with Gasteiger partial charge in [0.2, 0.25) is 0 Å². The molecule has 0 unspecified atom stereocenters. The second-order valence-electron chi connectivity index (χ2n) is 3.13. The largest absolute Gasteiger partial charge is 0.473 e. The number of carbonyl (C=O) groups excluding carboxylic acids is 2. The summed E-state index contributed by atoms with van der Waals surface area (Å²) in [5.74, 6) is 0.585. The van der Waals surface area contributed by atoms with E-state index in [4.69, 9.17) is 4.74 Å². The molecule has 0 bridgehead atoms. The highest BCUT2D eigenvalue weighted by atomic mass is 16.6. The summed E-state index contributed by atoms with van der Waals surface area (Å²) in [7, 11) is 2.86. The average molecular weight is 223 g/mol. The van der Waals surface area contributed by atoms with Gasteiger partial charge < -0.3 is 9.47 Å². The zero-order chi connectivity index (χ0) is 12.0. The highest BCUT2D eigenvalue weighted by Gasteiger charge is 2.07. The first-order chi connectivity index (χ1) is 7.67. The topological polar surface area (TPSA) is 55.8 Å². The van der Waals surface area contributed by atoms with E-state index in [1.807, 2.05) is 0 Å². The summed E-state index contributed by atoms with van der Waals surface area (Å²) in [6, 6.07) is 6.60. The fraction of sp³-hybridized carbons (Fsp3) is 0.273. The molecule has 0 atom stereocenters. The van der Waals surface area contributed by atoms with Crippen LogP contribution in [0.3, 0.4) is 0 Å². The van der Waals surface area contributed by atoms with Crippen LogP contribution in [0, 0.1) is 0 Å².